The van der Waals surface area contributed by atoms with Crippen LogP contribution in [0.3, 0.4) is 0 Å². The number of rotatable bonds is 2. The molecule has 2 nitrogen and oxygen atoms in total. The largest absolute Gasteiger partial charge is 0.342 e. The van der Waals surface area contributed by atoms with Crippen molar-refractivity contribution in [2.45, 2.75) is 71.3 Å². The fourth-order valence-electron chi connectivity index (χ4n) is 8.30. The monoisotopic (exact) mass is 391 g/mol. The van der Waals surface area contributed by atoms with Crippen molar-refractivity contribution in [2.24, 2.45) is 34.5 Å². The van der Waals surface area contributed by atoms with E-state index in [0.717, 1.165) is 36.5 Å². The summed E-state index contributed by atoms with van der Waals surface area (Å²) in [6.07, 6.45) is 14.8. The molecule has 1 heterocycles. The van der Waals surface area contributed by atoms with Crippen LogP contribution in [-0.2, 0) is 4.79 Å². The van der Waals surface area contributed by atoms with Crippen molar-refractivity contribution < 1.29 is 4.79 Å². The van der Waals surface area contributed by atoms with Gasteiger partial charge in [-0.2, -0.15) is 0 Å². The van der Waals surface area contributed by atoms with Gasteiger partial charge in [0, 0.05) is 19.5 Å². The number of carbonyl (C=O) groups excluding carboxylic acids is 1. The highest BCUT2D eigenvalue weighted by molar-refractivity contribution is 5.77. The van der Waals surface area contributed by atoms with Crippen LogP contribution in [0, 0.1) is 34.5 Å². The molecule has 0 N–H and O–H groups in total. The van der Waals surface area contributed by atoms with Crippen molar-refractivity contribution in [3.8, 4) is 0 Å². The van der Waals surface area contributed by atoms with Gasteiger partial charge in [-0.05, 0) is 85.0 Å². The van der Waals surface area contributed by atoms with Gasteiger partial charge < -0.3 is 4.90 Å². The Morgan fingerprint density at radius 1 is 0.931 bits per heavy atom. The van der Waals surface area contributed by atoms with Crippen LogP contribution in [0.1, 0.15) is 70.8 Å². The lowest BCUT2D eigenvalue weighted by Crippen LogP contribution is -2.61. The summed E-state index contributed by atoms with van der Waals surface area (Å²) in [6.45, 7) is 5.13. The second-order valence-corrected chi connectivity index (χ2v) is 11.0. The molecule has 29 heavy (non-hydrogen) atoms. The summed E-state index contributed by atoms with van der Waals surface area (Å²) in [6, 6.07) is 11.3. The van der Waals surface area contributed by atoms with E-state index >= 15 is 0 Å². The zero-order chi connectivity index (χ0) is 20.2. The fraction of sp³-hybridized carbons (Fsp3) is 0.667. The van der Waals surface area contributed by atoms with Crippen molar-refractivity contribution in [1.82, 2.24) is 4.90 Å². The third kappa shape index (κ3) is 2.93. The molecule has 1 amide bonds. The lowest BCUT2D eigenvalue weighted by atomic mass is 9.47. The molecule has 1 aromatic rings. The van der Waals surface area contributed by atoms with Crippen LogP contribution in [0.2, 0.25) is 0 Å². The summed E-state index contributed by atoms with van der Waals surface area (Å²) >= 11 is 0. The Morgan fingerprint density at radius 2 is 1.69 bits per heavy atom. The molecule has 0 aromatic heterocycles. The van der Waals surface area contributed by atoms with E-state index in [1.807, 2.05) is 0 Å². The van der Waals surface area contributed by atoms with E-state index in [0.29, 0.717) is 22.8 Å². The molecule has 0 bridgehead atoms. The maximum Gasteiger partial charge on any atom is 0.222 e. The minimum atomic E-state index is 0.338. The smallest absolute Gasteiger partial charge is 0.222 e. The third-order valence-corrected chi connectivity index (χ3v) is 9.95. The SMILES string of the molecule is CN1C(=O)CC[C@@]2(C)C1CC[C@H]1[C@@H]3CC[C@H](/C=C/c4ccccc4)[C@@]3(C)CC[C@@H]12. The number of nitrogens with zero attached hydrogens (tertiary/aromatic N) is 1. The lowest BCUT2D eigenvalue weighted by molar-refractivity contribution is -0.157. The van der Waals surface area contributed by atoms with E-state index < -0.39 is 0 Å². The highest BCUT2D eigenvalue weighted by Crippen LogP contribution is 2.66. The first-order valence-corrected chi connectivity index (χ1v) is 11.9. The molecule has 0 spiro atoms. The summed E-state index contributed by atoms with van der Waals surface area (Å²) in [7, 11) is 2.07. The highest BCUT2D eigenvalue weighted by Gasteiger charge is 2.60. The molecule has 5 rings (SSSR count). The number of allylic oxidation sites excluding steroid dienone is 1. The van der Waals surface area contributed by atoms with Gasteiger partial charge in [-0.25, -0.2) is 0 Å². The Hall–Kier alpha value is -1.57. The quantitative estimate of drug-likeness (QED) is 0.589. The van der Waals surface area contributed by atoms with Gasteiger partial charge in [-0.15, -0.1) is 0 Å². The molecule has 2 heteroatoms. The number of amides is 1. The Kier molecular flexibility index (Phi) is 4.68. The molecule has 1 saturated heterocycles. The minimum absolute atomic E-state index is 0.338. The first-order valence-electron chi connectivity index (χ1n) is 11.9. The lowest BCUT2D eigenvalue weighted by Gasteiger charge is -2.61. The normalized spacial score (nSPS) is 44.4. The molecular formula is C27H37NO. The van der Waals surface area contributed by atoms with Crippen LogP contribution in [0.5, 0.6) is 0 Å². The second-order valence-electron chi connectivity index (χ2n) is 11.0. The average molecular weight is 392 g/mol. The van der Waals surface area contributed by atoms with Gasteiger partial charge in [0.2, 0.25) is 5.91 Å². The minimum Gasteiger partial charge on any atom is -0.342 e. The summed E-state index contributed by atoms with van der Waals surface area (Å²) in [5.74, 6) is 3.64. The van der Waals surface area contributed by atoms with E-state index in [9.17, 15) is 4.79 Å². The van der Waals surface area contributed by atoms with Gasteiger partial charge in [-0.3, -0.25) is 4.79 Å². The molecule has 1 unspecified atom stereocenters. The number of piperidine rings is 1. The fourth-order valence-corrected chi connectivity index (χ4v) is 8.30. The zero-order valence-corrected chi connectivity index (χ0v) is 18.4. The van der Waals surface area contributed by atoms with Gasteiger partial charge in [-0.1, -0.05) is 56.3 Å². The van der Waals surface area contributed by atoms with E-state index in [4.69, 9.17) is 0 Å². The molecule has 4 aliphatic rings. The number of hydrogen-bond acceptors (Lipinski definition) is 1. The van der Waals surface area contributed by atoms with Crippen LogP contribution in [0.15, 0.2) is 36.4 Å². The van der Waals surface area contributed by atoms with Gasteiger partial charge in [0.05, 0.1) is 0 Å². The topological polar surface area (TPSA) is 20.3 Å². The van der Waals surface area contributed by atoms with Gasteiger partial charge >= 0.3 is 0 Å². The zero-order valence-electron chi connectivity index (χ0n) is 18.4. The van der Waals surface area contributed by atoms with Gasteiger partial charge in [0.25, 0.3) is 0 Å². The third-order valence-electron chi connectivity index (χ3n) is 9.95. The molecule has 156 valence electrons. The summed E-state index contributed by atoms with van der Waals surface area (Å²) < 4.78 is 0. The number of hydrogen-bond donors (Lipinski definition) is 0. The van der Waals surface area contributed by atoms with Crippen molar-refractivity contribution in [3.63, 3.8) is 0 Å². The Labute approximate surface area is 176 Å². The van der Waals surface area contributed by atoms with E-state index in [-0.39, 0.29) is 0 Å². The predicted molar refractivity (Wildman–Crippen MR) is 119 cm³/mol. The Morgan fingerprint density at radius 3 is 2.48 bits per heavy atom. The number of benzene rings is 1. The molecule has 7 atom stereocenters. The number of carbonyl (C=O) groups is 1. The van der Waals surface area contributed by atoms with Crippen LogP contribution < -0.4 is 0 Å². The van der Waals surface area contributed by atoms with Crippen LogP contribution in [-0.4, -0.2) is 23.9 Å². The van der Waals surface area contributed by atoms with Crippen LogP contribution >= 0.6 is 0 Å². The molecule has 3 saturated carbocycles. The molecular weight excluding hydrogens is 354 g/mol. The highest BCUT2D eigenvalue weighted by atomic mass is 16.2. The van der Waals surface area contributed by atoms with Crippen LogP contribution in [0.25, 0.3) is 6.08 Å². The van der Waals surface area contributed by atoms with Crippen molar-refractivity contribution in [1.29, 1.82) is 0 Å². The van der Waals surface area contributed by atoms with Gasteiger partial charge in [0.15, 0.2) is 0 Å². The second kappa shape index (κ2) is 7.00. The van der Waals surface area contributed by atoms with Crippen LogP contribution in [0.4, 0.5) is 0 Å². The maximum atomic E-state index is 12.3. The van der Waals surface area contributed by atoms with Crippen molar-refractivity contribution in [3.05, 3.63) is 42.0 Å². The molecule has 1 aliphatic heterocycles. The summed E-state index contributed by atoms with van der Waals surface area (Å²) in [4.78, 5) is 14.5. The van der Waals surface area contributed by atoms with E-state index in [2.05, 4.69) is 68.3 Å². The molecule has 0 radical (unpaired) electrons. The van der Waals surface area contributed by atoms with E-state index in [1.54, 1.807) is 0 Å². The van der Waals surface area contributed by atoms with E-state index in [1.165, 1.54) is 44.1 Å². The maximum absolute atomic E-state index is 12.3. The molecule has 4 fully saturated rings. The van der Waals surface area contributed by atoms with Crippen molar-refractivity contribution in [2.75, 3.05) is 7.05 Å². The standard InChI is InChI=1S/C27H37NO/c1-26-17-15-23-21(12-14-24-27(23,2)18-16-25(29)28(24)3)22(26)13-11-20(26)10-9-19-7-5-4-6-8-19/h4-10,20-24H,11-18H2,1-3H3/b10-9+/t20-,21-,22-,23-,24?,26+,27+/m0/s1. The Balaban J connectivity index is 1.38. The first kappa shape index (κ1) is 19.4. The molecule has 3 aliphatic carbocycles. The average Bonchev–Trinajstić information content (AvgIpc) is 3.07. The summed E-state index contributed by atoms with van der Waals surface area (Å²) in [5.41, 5.74) is 2.13. The first-order chi connectivity index (χ1) is 13.9. The molecule has 1 aromatic carbocycles. The number of fused-ring (bicyclic) bond motifs is 5. The number of likely N-dealkylation sites (tertiary alicyclic amines) is 1. The Bertz CT molecular complexity index is 800. The van der Waals surface area contributed by atoms with Gasteiger partial charge in [0.1, 0.15) is 0 Å². The summed E-state index contributed by atoms with van der Waals surface area (Å²) in [5, 5.41) is 0. The van der Waals surface area contributed by atoms with Crippen molar-refractivity contribution >= 4 is 12.0 Å². The predicted octanol–water partition coefficient (Wildman–Crippen LogP) is 6.18.